The van der Waals surface area contributed by atoms with E-state index in [1.807, 2.05) is 12.5 Å². The van der Waals surface area contributed by atoms with Gasteiger partial charge in [0.2, 0.25) is 5.95 Å². The Labute approximate surface area is 207 Å². The predicted octanol–water partition coefficient (Wildman–Crippen LogP) is 4.12. The maximum atomic E-state index is 6.04. The second-order valence-electron chi connectivity index (χ2n) is 8.14. The molecule has 0 amide bonds. The molecule has 32 heavy (non-hydrogen) atoms. The Kier molecular flexibility index (Phi) is 11.5. The van der Waals surface area contributed by atoms with E-state index in [1.165, 1.54) is 0 Å². The average Bonchev–Trinajstić information content (AvgIpc) is 3.36. The highest BCUT2D eigenvalue weighted by Gasteiger charge is 2.21. The van der Waals surface area contributed by atoms with Crippen LogP contribution < -0.4 is 16.4 Å². The topological polar surface area (TPSA) is 122 Å². The molecule has 0 radical (unpaired) electrons. The van der Waals surface area contributed by atoms with Crippen LogP contribution in [0.25, 0.3) is 11.2 Å². The lowest BCUT2D eigenvalue weighted by molar-refractivity contribution is 0.410. The van der Waals surface area contributed by atoms with Crippen molar-refractivity contribution < 1.29 is 0 Å². The third kappa shape index (κ3) is 6.84. The van der Waals surface area contributed by atoms with Gasteiger partial charge in [0.1, 0.15) is 5.82 Å². The lowest BCUT2D eigenvalue weighted by Gasteiger charge is -2.27. The summed E-state index contributed by atoms with van der Waals surface area (Å²) in [6.07, 6.45) is 11.5. The van der Waals surface area contributed by atoms with Crippen molar-refractivity contribution in [3.05, 3.63) is 24.5 Å². The van der Waals surface area contributed by atoms with Crippen LogP contribution in [0, 0.1) is 0 Å². The maximum Gasteiger partial charge on any atom is 0.227 e. The molecule has 5 N–H and O–H groups in total. The molecular weight excluding hydrogens is 473 g/mol. The van der Waals surface area contributed by atoms with E-state index in [9.17, 15) is 0 Å². The minimum atomic E-state index is 0. The van der Waals surface area contributed by atoms with Crippen molar-refractivity contribution >= 4 is 60.2 Å². The Morgan fingerprint density at radius 3 is 2.53 bits per heavy atom. The summed E-state index contributed by atoms with van der Waals surface area (Å²) < 4.78 is 2.09. The molecule has 1 aliphatic carbocycles. The van der Waals surface area contributed by atoms with Crippen LogP contribution in [0.15, 0.2) is 18.7 Å². The number of nitrogens with one attached hydrogen (secondary N) is 3. The van der Waals surface area contributed by atoms with Gasteiger partial charge in [-0.05, 0) is 46.0 Å². The first kappa shape index (κ1) is 28.2. The summed E-state index contributed by atoms with van der Waals surface area (Å²) in [5.41, 5.74) is 7.72. The Hall–Kier alpha value is -1.81. The Morgan fingerprint density at radius 1 is 1.12 bits per heavy atom. The van der Waals surface area contributed by atoms with Gasteiger partial charge in [0, 0.05) is 43.5 Å². The summed E-state index contributed by atoms with van der Waals surface area (Å²) in [6.45, 7) is 5.06. The number of aromatic amines is 1. The fourth-order valence-corrected chi connectivity index (χ4v) is 3.83. The molecule has 0 saturated heterocycles. The monoisotopic (exact) mass is 505 g/mol. The molecule has 4 rings (SSSR count). The van der Waals surface area contributed by atoms with Gasteiger partial charge in [-0.25, -0.2) is 9.97 Å². The molecular formula is C20H34Cl3N9. The average molecular weight is 507 g/mol. The zero-order chi connectivity index (χ0) is 20.2. The molecule has 0 unspecified atom stereocenters. The minimum absolute atomic E-state index is 0. The summed E-state index contributed by atoms with van der Waals surface area (Å²) >= 11 is 0. The molecule has 0 atom stereocenters. The molecule has 9 nitrogen and oxygen atoms in total. The number of hydrogen-bond donors (Lipinski definition) is 4. The molecule has 3 aromatic heterocycles. The SMILES string of the molecule is CC(C)n1cnc2c(NCCCc3ncc[nH]3)nc(NC3CCC(N)CC3)nc21.Cl.Cl.Cl. The number of anilines is 2. The van der Waals surface area contributed by atoms with Gasteiger partial charge in [-0.2, -0.15) is 9.97 Å². The number of H-pyrrole nitrogens is 1. The van der Waals surface area contributed by atoms with Gasteiger partial charge in [-0.1, -0.05) is 0 Å². The highest BCUT2D eigenvalue weighted by molar-refractivity contribution is 5.86. The molecule has 1 fully saturated rings. The maximum absolute atomic E-state index is 6.04. The number of fused-ring (bicyclic) bond motifs is 1. The van der Waals surface area contributed by atoms with Gasteiger partial charge in [-0.3, -0.25) is 0 Å². The van der Waals surface area contributed by atoms with Gasteiger partial charge < -0.3 is 25.9 Å². The van der Waals surface area contributed by atoms with E-state index in [1.54, 1.807) is 6.20 Å². The Balaban J connectivity index is 0.00000171. The normalized spacial score (nSPS) is 17.9. The van der Waals surface area contributed by atoms with E-state index in [0.29, 0.717) is 18.0 Å². The second-order valence-corrected chi connectivity index (χ2v) is 8.14. The van der Waals surface area contributed by atoms with Crippen molar-refractivity contribution in [2.45, 2.75) is 70.5 Å². The zero-order valence-corrected chi connectivity index (χ0v) is 20.9. The molecule has 0 aromatic carbocycles. The minimum Gasteiger partial charge on any atom is -0.368 e. The standard InChI is InChI=1S/C20H31N9.3ClH/c1-13(2)29-12-25-17-18(24-9-3-4-16-22-10-11-23-16)27-20(28-19(17)29)26-15-7-5-14(21)6-8-15;;;/h10-15H,3-9,21H2,1-2H3,(H,22,23)(H2,24,26,27,28);3*1H. The van der Waals surface area contributed by atoms with Crippen LogP contribution >= 0.6 is 37.2 Å². The summed E-state index contributed by atoms with van der Waals surface area (Å²) in [4.78, 5) is 21.5. The first-order chi connectivity index (χ1) is 14.1. The lowest BCUT2D eigenvalue weighted by atomic mass is 9.92. The van der Waals surface area contributed by atoms with Gasteiger partial charge in [0.25, 0.3) is 0 Å². The van der Waals surface area contributed by atoms with Crippen molar-refractivity contribution in [3.63, 3.8) is 0 Å². The van der Waals surface area contributed by atoms with Crippen LogP contribution in [-0.4, -0.2) is 48.1 Å². The number of aryl methyl sites for hydroxylation is 1. The lowest BCUT2D eigenvalue weighted by Crippen LogP contribution is -2.33. The van der Waals surface area contributed by atoms with E-state index in [-0.39, 0.29) is 43.3 Å². The van der Waals surface area contributed by atoms with E-state index >= 15 is 0 Å². The van der Waals surface area contributed by atoms with Crippen molar-refractivity contribution in [2.24, 2.45) is 5.73 Å². The van der Waals surface area contributed by atoms with Crippen molar-refractivity contribution in [1.82, 2.24) is 29.5 Å². The number of hydrogen-bond acceptors (Lipinski definition) is 7. The van der Waals surface area contributed by atoms with Crippen molar-refractivity contribution in [2.75, 3.05) is 17.2 Å². The largest absolute Gasteiger partial charge is 0.368 e. The molecule has 0 bridgehead atoms. The summed E-state index contributed by atoms with van der Waals surface area (Å²) in [6, 6.07) is 0.974. The third-order valence-corrected chi connectivity index (χ3v) is 5.52. The van der Waals surface area contributed by atoms with Gasteiger partial charge in [0.05, 0.1) is 6.33 Å². The second kappa shape index (κ2) is 13.0. The number of aromatic nitrogens is 6. The van der Waals surface area contributed by atoms with E-state index < -0.39 is 0 Å². The molecule has 12 heteroatoms. The summed E-state index contributed by atoms with van der Waals surface area (Å²) in [7, 11) is 0. The quantitative estimate of drug-likeness (QED) is 0.339. The molecule has 1 aliphatic rings. The fourth-order valence-electron chi connectivity index (χ4n) is 3.83. The van der Waals surface area contributed by atoms with Crippen LogP contribution in [0.2, 0.25) is 0 Å². The number of rotatable bonds is 8. The first-order valence-corrected chi connectivity index (χ1v) is 10.6. The van der Waals surface area contributed by atoms with Gasteiger partial charge in [-0.15, -0.1) is 37.2 Å². The van der Waals surface area contributed by atoms with Gasteiger partial charge in [0.15, 0.2) is 17.0 Å². The molecule has 180 valence electrons. The Morgan fingerprint density at radius 2 is 1.88 bits per heavy atom. The zero-order valence-electron chi connectivity index (χ0n) is 18.5. The molecule has 1 saturated carbocycles. The van der Waals surface area contributed by atoms with Crippen molar-refractivity contribution in [1.29, 1.82) is 0 Å². The van der Waals surface area contributed by atoms with Gasteiger partial charge >= 0.3 is 0 Å². The van der Waals surface area contributed by atoms with Crippen LogP contribution in [-0.2, 0) is 6.42 Å². The fraction of sp³-hybridized carbons (Fsp3) is 0.600. The van der Waals surface area contributed by atoms with Crippen LogP contribution in [0.4, 0.5) is 11.8 Å². The van der Waals surface area contributed by atoms with Crippen LogP contribution in [0.1, 0.15) is 57.8 Å². The third-order valence-electron chi connectivity index (χ3n) is 5.52. The van der Waals surface area contributed by atoms with Crippen LogP contribution in [0.5, 0.6) is 0 Å². The number of halogens is 3. The highest BCUT2D eigenvalue weighted by atomic mass is 35.5. The molecule has 3 heterocycles. The van der Waals surface area contributed by atoms with E-state index in [2.05, 4.69) is 44.0 Å². The van der Waals surface area contributed by atoms with E-state index in [0.717, 1.165) is 67.9 Å². The number of nitrogens with zero attached hydrogens (tertiary/aromatic N) is 5. The summed E-state index contributed by atoms with van der Waals surface area (Å²) in [5.74, 6) is 2.44. The predicted molar refractivity (Wildman–Crippen MR) is 137 cm³/mol. The number of nitrogens with two attached hydrogens (primary N) is 1. The highest BCUT2D eigenvalue weighted by Crippen LogP contribution is 2.25. The molecule has 3 aromatic rings. The first-order valence-electron chi connectivity index (χ1n) is 10.6. The number of imidazole rings is 2. The van der Waals surface area contributed by atoms with E-state index in [4.69, 9.17) is 15.7 Å². The summed E-state index contributed by atoms with van der Waals surface area (Å²) in [5, 5.41) is 6.99. The van der Waals surface area contributed by atoms with Crippen molar-refractivity contribution in [3.8, 4) is 0 Å². The van der Waals surface area contributed by atoms with Crippen LogP contribution in [0.3, 0.4) is 0 Å². The Bertz CT molecular complexity index is 922. The molecule has 0 aliphatic heterocycles. The molecule has 0 spiro atoms. The smallest absolute Gasteiger partial charge is 0.227 e.